The van der Waals surface area contributed by atoms with Gasteiger partial charge in [-0.1, -0.05) is 11.8 Å². The van der Waals surface area contributed by atoms with Crippen LogP contribution in [0.4, 0.5) is 0 Å². The third-order valence-electron chi connectivity index (χ3n) is 3.16. The van der Waals surface area contributed by atoms with Crippen molar-refractivity contribution in [2.24, 2.45) is 0 Å². The average Bonchev–Trinajstić information content (AvgIpc) is 3.09. The molecule has 0 aliphatic carbocycles. The van der Waals surface area contributed by atoms with Gasteiger partial charge in [-0.3, -0.25) is 14.9 Å². The quantitative estimate of drug-likeness (QED) is 0.557. The number of ether oxygens (including phenoxy) is 1. The van der Waals surface area contributed by atoms with E-state index in [4.69, 9.17) is 4.74 Å². The molecular weight excluding hydrogens is 346 g/mol. The number of fused-ring (bicyclic) bond motifs is 1. The summed E-state index contributed by atoms with van der Waals surface area (Å²) in [6.07, 6.45) is 1.47. The minimum absolute atomic E-state index is 0.103. The number of nitrogens with one attached hydrogen (secondary N) is 1. The first kappa shape index (κ1) is 16.4. The van der Waals surface area contributed by atoms with Crippen LogP contribution in [-0.4, -0.2) is 34.6 Å². The van der Waals surface area contributed by atoms with Crippen molar-refractivity contribution in [3.05, 3.63) is 47.6 Å². The number of methoxy groups -OCH3 is 1. The topological polar surface area (TPSA) is 81.2 Å². The van der Waals surface area contributed by atoms with Crippen LogP contribution in [0.5, 0.6) is 5.75 Å². The molecule has 0 saturated heterocycles. The van der Waals surface area contributed by atoms with Crippen LogP contribution in [0, 0.1) is 0 Å². The van der Waals surface area contributed by atoms with Crippen molar-refractivity contribution in [3.8, 4) is 5.75 Å². The Labute approximate surface area is 146 Å². The van der Waals surface area contributed by atoms with Crippen molar-refractivity contribution < 1.29 is 14.3 Å². The van der Waals surface area contributed by atoms with E-state index < -0.39 is 5.91 Å². The number of aromatic nitrogens is 2. The number of carbonyl (C=O) groups excluding carboxylic acids is 2. The van der Waals surface area contributed by atoms with Crippen LogP contribution in [0.15, 0.2) is 47.1 Å². The molecule has 8 heteroatoms. The van der Waals surface area contributed by atoms with Crippen molar-refractivity contribution in [1.82, 2.24) is 15.3 Å². The molecule has 2 aromatic heterocycles. The van der Waals surface area contributed by atoms with Gasteiger partial charge in [0.15, 0.2) is 0 Å². The highest BCUT2D eigenvalue weighted by molar-refractivity contribution is 8.00. The third-order valence-corrected chi connectivity index (χ3v) is 5.18. The highest BCUT2D eigenvalue weighted by Crippen LogP contribution is 2.28. The highest BCUT2D eigenvalue weighted by Gasteiger charge is 2.13. The lowest BCUT2D eigenvalue weighted by Crippen LogP contribution is -2.31. The second kappa shape index (κ2) is 7.41. The van der Waals surface area contributed by atoms with E-state index in [2.05, 4.69) is 15.3 Å². The zero-order chi connectivity index (χ0) is 16.9. The number of thioether (sulfide) groups is 1. The van der Waals surface area contributed by atoms with Gasteiger partial charge in [0.2, 0.25) is 5.91 Å². The zero-order valence-electron chi connectivity index (χ0n) is 12.7. The predicted molar refractivity (Wildman–Crippen MR) is 93.6 cm³/mol. The minimum atomic E-state index is -0.438. The summed E-state index contributed by atoms with van der Waals surface area (Å²) in [6, 6.07) is 8.45. The van der Waals surface area contributed by atoms with Crippen LogP contribution in [0.2, 0.25) is 0 Å². The number of carbonyl (C=O) groups is 2. The maximum Gasteiger partial charge on any atom is 0.257 e. The van der Waals surface area contributed by atoms with E-state index >= 15 is 0 Å². The molecule has 0 aliphatic heterocycles. The summed E-state index contributed by atoms with van der Waals surface area (Å²) in [5.41, 5.74) is 1.25. The number of hydrogen-bond donors (Lipinski definition) is 1. The average molecular weight is 359 g/mol. The summed E-state index contributed by atoms with van der Waals surface area (Å²) >= 11 is 2.80. The van der Waals surface area contributed by atoms with Crippen molar-refractivity contribution >= 4 is 45.1 Å². The van der Waals surface area contributed by atoms with E-state index in [-0.39, 0.29) is 11.7 Å². The number of amides is 2. The van der Waals surface area contributed by atoms with Crippen molar-refractivity contribution in [2.75, 3.05) is 12.9 Å². The number of hydrogen-bond acceptors (Lipinski definition) is 7. The van der Waals surface area contributed by atoms with Crippen molar-refractivity contribution in [3.63, 3.8) is 0 Å². The molecule has 122 valence electrons. The second-order valence-corrected chi connectivity index (χ2v) is 6.59. The second-order valence-electron chi connectivity index (χ2n) is 4.71. The Morgan fingerprint density at radius 2 is 2.00 bits per heavy atom. The molecule has 0 fully saturated rings. The molecule has 24 heavy (non-hydrogen) atoms. The number of benzene rings is 1. The van der Waals surface area contributed by atoms with E-state index in [0.717, 1.165) is 15.2 Å². The van der Waals surface area contributed by atoms with Crippen LogP contribution in [0.1, 0.15) is 10.4 Å². The van der Waals surface area contributed by atoms with Gasteiger partial charge in [-0.2, -0.15) is 0 Å². The Morgan fingerprint density at radius 1 is 1.21 bits per heavy atom. The van der Waals surface area contributed by atoms with Gasteiger partial charge in [0.05, 0.1) is 23.1 Å². The fourth-order valence-corrected chi connectivity index (χ4v) is 3.73. The van der Waals surface area contributed by atoms with Gasteiger partial charge in [-0.15, -0.1) is 11.3 Å². The third kappa shape index (κ3) is 3.72. The molecule has 0 aliphatic rings. The smallest absolute Gasteiger partial charge is 0.257 e. The Kier molecular flexibility index (Phi) is 5.07. The Bertz CT molecular complexity index is 878. The van der Waals surface area contributed by atoms with E-state index in [1.165, 1.54) is 29.4 Å². The first-order valence-corrected chi connectivity index (χ1v) is 8.83. The fraction of sp³-hybridized carbons (Fsp3) is 0.125. The van der Waals surface area contributed by atoms with Gasteiger partial charge in [-0.05, 0) is 35.7 Å². The van der Waals surface area contributed by atoms with Gasteiger partial charge in [-0.25, -0.2) is 9.97 Å². The summed E-state index contributed by atoms with van der Waals surface area (Å²) in [4.78, 5) is 32.4. The lowest BCUT2D eigenvalue weighted by Gasteiger charge is -2.05. The summed E-state index contributed by atoms with van der Waals surface area (Å²) in [6.45, 7) is 0. The largest absolute Gasteiger partial charge is 0.497 e. The summed E-state index contributed by atoms with van der Waals surface area (Å²) in [7, 11) is 1.55. The Balaban J connectivity index is 1.59. The highest BCUT2D eigenvalue weighted by atomic mass is 32.2. The van der Waals surface area contributed by atoms with Gasteiger partial charge in [0, 0.05) is 5.56 Å². The molecule has 0 unspecified atom stereocenters. The van der Waals surface area contributed by atoms with Crippen LogP contribution >= 0.6 is 23.1 Å². The molecule has 0 bridgehead atoms. The monoisotopic (exact) mass is 359 g/mol. The molecule has 0 radical (unpaired) electrons. The number of imide groups is 1. The van der Waals surface area contributed by atoms with Crippen molar-refractivity contribution in [1.29, 1.82) is 0 Å². The fourth-order valence-electron chi connectivity index (χ4n) is 1.98. The minimum Gasteiger partial charge on any atom is -0.497 e. The van der Waals surface area contributed by atoms with Crippen LogP contribution in [0.3, 0.4) is 0 Å². The van der Waals surface area contributed by atoms with Gasteiger partial charge >= 0.3 is 0 Å². The van der Waals surface area contributed by atoms with Crippen LogP contribution in [-0.2, 0) is 4.79 Å². The maximum absolute atomic E-state index is 12.0. The molecule has 6 nitrogen and oxygen atoms in total. The molecule has 0 saturated carbocycles. The summed E-state index contributed by atoms with van der Waals surface area (Å²) in [5, 5.41) is 5.03. The van der Waals surface area contributed by atoms with Crippen LogP contribution < -0.4 is 10.1 Å². The molecule has 3 rings (SSSR count). The van der Waals surface area contributed by atoms with Crippen molar-refractivity contribution in [2.45, 2.75) is 5.03 Å². The molecule has 3 aromatic rings. The lowest BCUT2D eigenvalue weighted by atomic mass is 10.2. The molecule has 1 N–H and O–H groups in total. The SMILES string of the molecule is COc1ccc(C(=O)NC(=O)CSc2ncnc3ccsc23)cc1. The molecule has 0 atom stereocenters. The summed E-state index contributed by atoms with van der Waals surface area (Å²) < 4.78 is 5.97. The lowest BCUT2D eigenvalue weighted by molar-refractivity contribution is -0.117. The molecule has 1 aromatic carbocycles. The van der Waals surface area contributed by atoms with E-state index in [1.807, 2.05) is 11.4 Å². The maximum atomic E-state index is 12.0. The van der Waals surface area contributed by atoms with Crippen LogP contribution in [0.25, 0.3) is 10.2 Å². The predicted octanol–water partition coefficient (Wildman–Crippen LogP) is 2.75. The Hall–Kier alpha value is -2.45. The molecule has 2 amide bonds. The van der Waals surface area contributed by atoms with E-state index in [0.29, 0.717) is 11.3 Å². The standard InChI is InChI=1S/C16H13N3O3S2/c1-22-11-4-2-10(3-5-11)15(21)19-13(20)8-24-16-14-12(6-7-23-14)17-9-18-16/h2-7,9H,8H2,1H3,(H,19,20,21). The number of nitrogens with zero attached hydrogens (tertiary/aromatic N) is 2. The molecule has 0 spiro atoms. The normalized spacial score (nSPS) is 10.5. The number of thiophene rings is 1. The molecule has 2 heterocycles. The summed E-state index contributed by atoms with van der Waals surface area (Å²) in [5.74, 6) is -0.0557. The zero-order valence-corrected chi connectivity index (χ0v) is 14.3. The van der Waals surface area contributed by atoms with Gasteiger partial charge in [0.25, 0.3) is 5.91 Å². The Morgan fingerprint density at radius 3 is 2.75 bits per heavy atom. The van der Waals surface area contributed by atoms with E-state index in [1.54, 1.807) is 31.4 Å². The van der Waals surface area contributed by atoms with E-state index in [9.17, 15) is 9.59 Å². The van der Waals surface area contributed by atoms with Gasteiger partial charge < -0.3 is 4.74 Å². The van der Waals surface area contributed by atoms with Gasteiger partial charge in [0.1, 0.15) is 17.1 Å². The molecular formula is C16H13N3O3S2. The first-order chi connectivity index (χ1) is 11.7. The first-order valence-electron chi connectivity index (χ1n) is 6.96. The number of rotatable bonds is 5.